The van der Waals surface area contributed by atoms with Crippen molar-refractivity contribution >= 4 is 5.91 Å². The number of carbonyl (C=O) groups excluding carboxylic acids is 1. The molecule has 0 radical (unpaired) electrons. The third kappa shape index (κ3) is 1.40. The van der Waals surface area contributed by atoms with Gasteiger partial charge in [0.15, 0.2) is 0 Å². The molecule has 2 aromatic carbocycles. The summed E-state index contributed by atoms with van der Waals surface area (Å²) in [5.74, 6) is 0.0220. The molecule has 2 aromatic rings. The number of benzene rings is 2. The van der Waals surface area contributed by atoms with Crippen molar-refractivity contribution in [3.05, 3.63) is 83.4 Å². The minimum atomic E-state index is -0.410. The standard InChI is InChI=1S/C19H17NO/c1-3-18(2)12-19(16-11-7-6-10-15(16)18)14-9-5-4-8-13(14)17(21)20-19/h3-11H,1,12H2,2H3,(H,20,21)/t18-,19-/m0/s1. The molecule has 104 valence electrons. The van der Waals surface area contributed by atoms with Crippen LogP contribution in [0.1, 0.15) is 40.4 Å². The lowest BCUT2D eigenvalue weighted by molar-refractivity contribution is 0.0938. The van der Waals surface area contributed by atoms with Crippen LogP contribution in [-0.2, 0) is 11.0 Å². The summed E-state index contributed by atoms with van der Waals surface area (Å²) in [5, 5.41) is 3.25. The molecule has 0 unspecified atom stereocenters. The molecule has 0 aromatic heterocycles. The van der Waals surface area contributed by atoms with Crippen molar-refractivity contribution < 1.29 is 4.79 Å². The lowest BCUT2D eigenvalue weighted by Crippen LogP contribution is -2.39. The van der Waals surface area contributed by atoms with Crippen LogP contribution in [0, 0.1) is 0 Å². The fourth-order valence-electron chi connectivity index (χ4n) is 4.01. The molecule has 4 rings (SSSR count). The van der Waals surface area contributed by atoms with E-state index in [1.807, 2.05) is 30.3 Å². The Labute approximate surface area is 124 Å². The minimum Gasteiger partial charge on any atom is -0.338 e. The van der Waals surface area contributed by atoms with E-state index in [0.29, 0.717) is 0 Å². The first kappa shape index (κ1) is 12.4. The zero-order valence-electron chi connectivity index (χ0n) is 12.0. The third-order valence-corrected chi connectivity index (χ3v) is 5.04. The van der Waals surface area contributed by atoms with Crippen LogP contribution >= 0.6 is 0 Å². The van der Waals surface area contributed by atoms with Crippen LogP contribution in [0.2, 0.25) is 0 Å². The molecular weight excluding hydrogens is 258 g/mol. The topological polar surface area (TPSA) is 29.1 Å². The number of amides is 1. The summed E-state index contributed by atoms with van der Waals surface area (Å²) in [4.78, 5) is 12.4. The molecule has 0 fully saturated rings. The number of rotatable bonds is 1. The van der Waals surface area contributed by atoms with Gasteiger partial charge in [0.2, 0.25) is 0 Å². The number of carbonyl (C=O) groups is 1. The molecule has 1 spiro atoms. The van der Waals surface area contributed by atoms with Crippen molar-refractivity contribution in [2.45, 2.75) is 24.3 Å². The normalized spacial score (nSPS) is 29.1. The first-order valence-corrected chi connectivity index (χ1v) is 7.26. The molecule has 1 amide bonds. The summed E-state index contributed by atoms with van der Waals surface area (Å²) in [6.45, 7) is 6.23. The van der Waals surface area contributed by atoms with Gasteiger partial charge in [-0.25, -0.2) is 0 Å². The summed E-state index contributed by atoms with van der Waals surface area (Å²) in [6.07, 6.45) is 2.83. The van der Waals surface area contributed by atoms with E-state index < -0.39 is 5.54 Å². The Hall–Kier alpha value is -2.35. The molecule has 1 aliphatic heterocycles. The van der Waals surface area contributed by atoms with E-state index in [1.165, 1.54) is 11.1 Å². The Bertz CT molecular complexity index is 779. The molecule has 1 heterocycles. The Morgan fingerprint density at radius 3 is 2.38 bits per heavy atom. The van der Waals surface area contributed by atoms with Gasteiger partial charge in [0.1, 0.15) is 0 Å². The van der Waals surface area contributed by atoms with Crippen molar-refractivity contribution in [3.63, 3.8) is 0 Å². The summed E-state index contributed by atoms with van der Waals surface area (Å²) in [5.41, 5.74) is 3.81. The molecule has 2 aliphatic rings. The molecule has 2 atom stereocenters. The van der Waals surface area contributed by atoms with Gasteiger partial charge in [-0.05, 0) is 29.2 Å². The van der Waals surface area contributed by atoms with Gasteiger partial charge in [0.25, 0.3) is 5.91 Å². The van der Waals surface area contributed by atoms with E-state index in [4.69, 9.17) is 0 Å². The third-order valence-electron chi connectivity index (χ3n) is 5.04. The lowest BCUT2D eigenvalue weighted by Gasteiger charge is -2.28. The van der Waals surface area contributed by atoms with Crippen molar-refractivity contribution in [1.82, 2.24) is 5.32 Å². The highest BCUT2D eigenvalue weighted by molar-refractivity contribution is 6.01. The van der Waals surface area contributed by atoms with Crippen LogP contribution in [0.15, 0.2) is 61.2 Å². The van der Waals surface area contributed by atoms with Crippen LogP contribution in [0.25, 0.3) is 0 Å². The number of allylic oxidation sites excluding steroid dienone is 1. The second kappa shape index (κ2) is 3.85. The van der Waals surface area contributed by atoms with Gasteiger partial charge in [-0.2, -0.15) is 0 Å². The van der Waals surface area contributed by atoms with E-state index >= 15 is 0 Å². The number of hydrogen-bond donors (Lipinski definition) is 1. The van der Waals surface area contributed by atoms with E-state index in [1.54, 1.807) is 0 Å². The van der Waals surface area contributed by atoms with Gasteiger partial charge in [0.05, 0.1) is 5.54 Å². The molecule has 0 saturated heterocycles. The van der Waals surface area contributed by atoms with Gasteiger partial charge in [-0.1, -0.05) is 55.5 Å². The molecule has 21 heavy (non-hydrogen) atoms. The van der Waals surface area contributed by atoms with Gasteiger partial charge in [0, 0.05) is 11.0 Å². The maximum Gasteiger partial charge on any atom is 0.252 e. The van der Waals surface area contributed by atoms with E-state index in [0.717, 1.165) is 17.5 Å². The largest absolute Gasteiger partial charge is 0.338 e. The summed E-state index contributed by atoms with van der Waals surface area (Å²) >= 11 is 0. The smallest absolute Gasteiger partial charge is 0.252 e. The van der Waals surface area contributed by atoms with Crippen LogP contribution in [0.4, 0.5) is 0 Å². The molecule has 1 N–H and O–H groups in total. The summed E-state index contributed by atoms with van der Waals surface area (Å²) in [6, 6.07) is 16.3. The second-order valence-corrected chi connectivity index (χ2v) is 6.25. The van der Waals surface area contributed by atoms with Crippen molar-refractivity contribution in [2.75, 3.05) is 0 Å². The Balaban J connectivity index is 2.04. The minimum absolute atomic E-state index is 0.0220. The first-order chi connectivity index (χ1) is 10.1. The molecule has 1 aliphatic carbocycles. The average Bonchev–Trinajstić information content (AvgIpc) is 2.95. The predicted molar refractivity (Wildman–Crippen MR) is 83.3 cm³/mol. The molecular formula is C19H17NO. The quantitative estimate of drug-likeness (QED) is 0.793. The SMILES string of the molecule is C=C[C@@]1(C)C[C@@]2(NC(=O)c3ccccc32)c2ccccc21. The number of nitrogens with one attached hydrogen (secondary N) is 1. The van der Waals surface area contributed by atoms with Crippen molar-refractivity contribution in [1.29, 1.82) is 0 Å². The maximum absolute atomic E-state index is 12.4. The monoisotopic (exact) mass is 275 g/mol. The first-order valence-electron chi connectivity index (χ1n) is 7.26. The lowest BCUT2D eigenvalue weighted by atomic mass is 9.80. The predicted octanol–water partition coefficient (Wildman–Crippen LogP) is 3.52. The van der Waals surface area contributed by atoms with Crippen LogP contribution in [-0.4, -0.2) is 5.91 Å². The highest BCUT2D eigenvalue weighted by Gasteiger charge is 2.54. The zero-order chi connectivity index (χ0) is 14.7. The van der Waals surface area contributed by atoms with Gasteiger partial charge in [-0.3, -0.25) is 4.79 Å². The fourth-order valence-corrected chi connectivity index (χ4v) is 4.01. The van der Waals surface area contributed by atoms with E-state index in [9.17, 15) is 4.79 Å². The van der Waals surface area contributed by atoms with Crippen molar-refractivity contribution in [3.8, 4) is 0 Å². The van der Waals surface area contributed by atoms with Crippen LogP contribution < -0.4 is 5.32 Å². The highest BCUT2D eigenvalue weighted by atomic mass is 16.2. The van der Waals surface area contributed by atoms with Gasteiger partial charge in [-0.15, -0.1) is 6.58 Å². The Morgan fingerprint density at radius 2 is 1.67 bits per heavy atom. The Morgan fingerprint density at radius 1 is 1.05 bits per heavy atom. The van der Waals surface area contributed by atoms with E-state index in [-0.39, 0.29) is 11.3 Å². The van der Waals surface area contributed by atoms with Crippen LogP contribution in [0.3, 0.4) is 0 Å². The molecule has 0 saturated carbocycles. The second-order valence-electron chi connectivity index (χ2n) is 6.25. The van der Waals surface area contributed by atoms with Gasteiger partial charge >= 0.3 is 0 Å². The number of hydrogen-bond acceptors (Lipinski definition) is 1. The van der Waals surface area contributed by atoms with Crippen LogP contribution in [0.5, 0.6) is 0 Å². The average molecular weight is 275 g/mol. The van der Waals surface area contributed by atoms with Gasteiger partial charge < -0.3 is 5.32 Å². The molecule has 2 heteroatoms. The van der Waals surface area contributed by atoms with E-state index in [2.05, 4.69) is 43.1 Å². The fraction of sp³-hybridized carbons (Fsp3) is 0.211. The summed E-state index contributed by atoms with van der Waals surface area (Å²) in [7, 11) is 0. The Kier molecular flexibility index (Phi) is 2.27. The highest BCUT2D eigenvalue weighted by Crippen LogP contribution is 2.54. The van der Waals surface area contributed by atoms with Crippen molar-refractivity contribution in [2.24, 2.45) is 0 Å². The zero-order valence-corrected chi connectivity index (χ0v) is 12.0. The maximum atomic E-state index is 12.4. The number of fused-ring (bicyclic) bond motifs is 4. The molecule has 2 nitrogen and oxygen atoms in total. The summed E-state index contributed by atoms with van der Waals surface area (Å²) < 4.78 is 0. The molecule has 0 bridgehead atoms.